The first-order chi connectivity index (χ1) is 8.83. The zero-order chi connectivity index (χ0) is 13.9. The fraction of sp³-hybridized carbons (Fsp3) is 0.733. The van der Waals surface area contributed by atoms with Gasteiger partial charge in [-0.3, -0.25) is 9.59 Å². The molecule has 1 aliphatic heterocycles. The molecule has 5 atom stereocenters. The molecule has 1 N–H and O–H groups in total. The van der Waals surface area contributed by atoms with Gasteiger partial charge in [0.05, 0.1) is 11.5 Å². The van der Waals surface area contributed by atoms with E-state index in [9.17, 15) is 14.7 Å². The Balaban J connectivity index is 2.10. The van der Waals surface area contributed by atoms with Crippen molar-refractivity contribution in [2.75, 3.05) is 0 Å². The number of carbonyl (C=O) groups excluding carboxylic acids is 2. The van der Waals surface area contributed by atoms with Crippen molar-refractivity contribution in [3.63, 3.8) is 0 Å². The van der Waals surface area contributed by atoms with E-state index in [0.29, 0.717) is 18.4 Å². The Morgan fingerprint density at radius 3 is 2.74 bits per heavy atom. The Labute approximate surface area is 112 Å². The van der Waals surface area contributed by atoms with Crippen molar-refractivity contribution in [2.24, 2.45) is 17.8 Å². The lowest BCUT2D eigenvalue weighted by molar-refractivity contribution is -0.143. The second kappa shape index (κ2) is 3.92. The lowest BCUT2D eigenvalue weighted by atomic mass is 9.81. The third-order valence-corrected chi connectivity index (χ3v) is 5.30. The second-order valence-corrected chi connectivity index (χ2v) is 6.47. The van der Waals surface area contributed by atoms with Crippen molar-refractivity contribution in [1.82, 2.24) is 0 Å². The molecule has 1 saturated carbocycles. The lowest BCUT2D eigenvalue weighted by Crippen LogP contribution is -2.35. The second-order valence-electron chi connectivity index (χ2n) is 6.47. The molecule has 0 unspecified atom stereocenters. The van der Waals surface area contributed by atoms with Crippen molar-refractivity contribution < 1.29 is 19.4 Å². The molecule has 0 aromatic carbocycles. The zero-order valence-corrected chi connectivity index (χ0v) is 11.6. The van der Waals surface area contributed by atoms with Crippen LogP contribution >= 0.6 is 0 Å². The SMILES string of the molecule is CC1=C2[C@H]3OC(=O)[C@@H](C)[C@@H]3CC[C@@](C)(O)[C@H]2CC1=O. The highest BCUT2D eigenvalue weighted by atomic mass is 16.6. The number of fused-ring (bicyclic) bond motifs is 3. The van der Waals surface area contributed by atoms with Gasteiger partial charge in [0, 0.05) is 18.3 Å². The van der Waals surface area contributed by atoms with Gasteiger partial charge >= 0.3 is 5.97 Å². The Bertz CT molecular complexity index is 488. The van der Waals surface area contributed by atoms with E-state index in [2.05, 4.69) is 0 Å². The molecule has 0 amide bonds. The van der Waals surface area contributed by atoms with E-state index in [4.69, 9.17) is 4.74 Å². The van der Waals surface area contributed by atoms with Gasteiger partial charge in [-0.15, -0.1) is 0 Å². The van der Waals surface area contributed by atoms with Gasteiger partial charge in [-0.05, 0) is 37.8 Å². The monoisotopic (exact) mass is 264 g/mol. The molecule has 2 aliphatic carbocycles. The van der Waals surface area contributed by atoms with E-state index in [1.807, 2.05) is 6.92 Å². The number of hydrogen-bond acceptors (Lipinski definition) is 4. The summed E-state index contributed by atoms with van der Waals surface area (Å²) < 4.78 is 5.52. The predicted molar refractivity (Wildman–Crippen MR) is 68.2 cm³/mol. The van der Waals surface area contributed by atoms with Gasteiger partial charge < -0.3 is 9.84 Å². The minimum absolute atomic E-state index is 0.0801. The number of ether oxygens (including phenoxy) is 1. The van der Waals surface area contributed by atoms with Crippen LogP contribution in [0.5, 0.6) is 0 Å². The molecule has 3 rings (SSSR count). The standard InChI is InChI=1S/C15H20O4/c1-7-9-4-5-15(3,18)10-6-11(16)8(2)12(10)13(9)19-14(7)17/h7,9-10,13,18H,4-6H2,1-3H3/t7-,9-,10-,13-,15+/m0/s1. The summed E-state index contributed by atoms with van der Waals surface area (Å²) in [6, 6.07) is 0. The molecule has 0 radical (unpaired) electrons. The topological polar surface area (TPSA) is 63.6 Å². The Hall–Kier alpha value is -1.16. The van der Waals surface area contributed by atoms with Gasteiger partial charge in [0.2, 0.25) is 0 Å². The van der Waals surface area contributed by atoms with E-state index in [1.54, 1.807) is 13.8 Å². The number of aliphatic hydroxyl groups is 1. The Morgan fingerprint density at radius 2 is 2.05 bits per heavy atom. The van der Waals surface area contributed by atoms with Crippen LogP contribution in [0.1, 0.15) is 40.0 Å². The van der Waals surface area contributed by atoms with Crippen molar-refractivity contribution in [2.45, 2.75) is 51.7 Å². The molecule has 3 aliphatic rings. The maximum Gasteiger partial charge on any atom is 0.309 e. The molecule has 0 bridgehead atoms. The minimum Gasteiger partial charge on any atom is -0.457 e. The molecule has 0 spiro atoms. The summed E-state index contributed by atoms with van der Waals surface area (Å²) in [6.45, 7) is 5.48. The lowest BCUT2D eigenvalue weighted by Gasteiger charge is -2.30. The summed E-state index contributed by atoms with van der Waals surface area (Å²) in [6.07, 6.45) is 1.44. The van der Waals surface area contributed by atoms with Gasteiger partial charge in [0.25, 0.3) is 0 Å². The molecule has 0 aromatic rings. The fourth-order valence-corrected chi connectivity index (χ4v) is 3.92. The summed E-state index contributed by atoms with van der Waals surface area (Å²) in [4.78, 5) is 23.8. The Kier molecular flexibility index (Phi) is 2.65. The highest BCUT2D eigenvalue weighted by molar-refractivity contribution is 5.99. The van der Waals surface area contributed by atoms with E-state index in [1.165, 1.54) is 0 Å². The number of Topliss-reactive ketones (excluding diaryl/α,β-unsaturated/α-hetero) is 1. The molecule has 104 valence electrons. The highest BCUT2D eigenvalue weighted by Gasteiger charge is 2.54. The van der Waals surface area contributed by atoms with Gasteiger partial charge in [0.1, 0.15) is 6.10 Å². The maximum atomic E-state index is 12.0. The molecule has 1 saturated heterocycles. The quantitative estimate of drug-likeness (QED) is 0.675. The van der Waals surface area contributed by atoms with Crippen LogP contribution in [0.3, 0.4) is 0 Å². The van der Waals surface area contributed by atoms with Crippen molar-refractivity contribution in [3.8, 4) is 0 Å². The highest BCUT2D eigenvalue weighted by Crippen LogP contribution is 2.50. The van der Waals surface area contributed by atoms with Gasteiger partial charge in [-0.2, -0.15) is 0 Å². The van der Waals surface area contributed by atoms with Crippen molar-refractivity contribution in [3.05, 3.63) is 11.1 Å². The molecule has 4 heteroatoms. The van der Waals surface area contributed by atoms with E-state index < -0.39 is 5.60 Å². The number of carbonyl (C=O) groups is 2. The average Bonchev–Trinajstić information content (AvgIpc) is 2.74. The van der Waals surface area contributed by atoms with Crippen LogP contribution in [0.2, 0.25) is 0 Å². The minimum atomic E-state index is -0.876. The molecular weight excluding hydrogens is 244 g/mol. The molecule has 4 nitrogen and oxygen atoms in total. The number of allylic oxidation sites excluding steroid dienone is 1. The van der Waals surface area contributed by atoms with Gasteiger partial charge in [-0.1, -0.05) is 6.92 Å². The summed E-state index contributed by atoms with van der Waals surface area (Å²) >= 11 is 0. The smallest absolute Gasteiger partial charge is 0.309 e. The third-order valence-electron chi connectivity index (χ3n) is 5.30. The fourth-order valence-electron chi connectivity index (χ4n) is 3.92. The van der Waals surface area contributed by atoms with Gasteiger partial charge in [-0.25, -0.2) is 0 Å². The van der Waals surface area contributed by atoms with Crippen molar-refractivity contribution in [1.29, 1.82) is 0 Å². The molecule has 1 heterocycles. The average molecular weight is 264 g/mol. The molecule has 0 aromatic heterocycles. The van der Waals surface area contributed by atoms with Crippen LogP contribution < -0.4 is 0 Å². The number of ketones is 1. The van der Waals surface area contributed by atoms with Crippen LogP contribution in [0.15, 0.2) is 11.1 Å². The van der Waals surface area contributed by atoms with Crippen LogP contribution in [0.4, 0.5) is 0 Å². The van der Waals surface area contributed by atoms with Crippen LogP contribution in [-0.2, 0) is 14.3 Å². The van der Waals surface area contributed by atoms with E-state index >= 15 is 0 Å². The summed E-state index contributed by atoms with van der Waals surface area (Å²) in [5, 5.41) is 10.6. The summed E-state index contributed by atoms with van der Waals surface area (Å²) in [5.74, 6) is -0.324. The first kappa shape index (κ1) is 12.9. The molecule has 2 fully saturated rings. The molecular formula is C15H20O4. The Morgan fingerprint density at radius 1 is 1.37 bits per heavy atom. The van der Waals surface area contributed by atoms with E-state index in [0.717, 1.165) is 12.0 Å². The summed E-state index contributed by atoms with van der Waals surface area (Å²) in [7, 11) is 0. The van der Waals surface area contributed by atoms with Crippen LogP contribution in [0.25, 0.3) is 0 Å². The third kappa shape index (κ3) is 1.69. The van der Waals surface area contributed by atoms with Crippen molar-refractivity contribution >= 4 is 11.8 Å². The van der Waals surface area contributed by atoms with Crippen LogP contribution in [-0.4, -0.2) is 28.6 Å². The maximum absolute atomic E-state index is 12.0. The molecule has 19 heavy (non-hydrogen) atoms. The first-order valence-electron chi connectivity index (χ1n) is 6.99. The normalized spacial score (nSPS) is 45.9. The summed E-state index contributed by atoms with van der Waals surface area (Å²) in [5.41, 5.74) is 0.707. The predicted octanol–water partition coefficient (Wildman–Crippen LogP) is 1.61. The number of esters is 1. The van der Waals surface area contributed by atoms with E-state index in [-0.39, 0.29) is 35.6 Å². The largest absolute Gasteiger partial charge is 0.457 e. The number of rotatable bonds is 0. The zero-order valence-electron chi connectivity index (χ0n) is 11.6. The van der Waals surface area contributed by atoms with Gasteiger partial charge in [0.15, 0.2) is 5.78 Å². The van der Waals surface area contributed by atoms with Crippen LogP contribution in [0, 0.1) is 17.8 Å². The number of hydrogen-bond donors (Lipinski definition) is 1. The first-order valence-corrected chi connectivity index (χ1v) is 6.99.